The van der Waals surface area contributed by atoms with Crippen LogP contribution in [0.1, 0.15) is 12.8 Å². The molecule has 15 heavy (non-hydrogen) atoms. The Labute approximate surface area is 92.6 Å². The maximum absolute atomic E-state index is 13.2. The van der Waals surface area contributed by atoms with E-state index in [0.717, 1.165) is 25.9 Å². The van der Waals surface area contributed by atoms with E-state index in [1.165, 1.54) is 12.3 Å². The Bertz CT molecular complexity index is 342. The summed E-state index contributed by atoms with van der Waals surface area (Å²) < 4.78 is 18.7. The standard InChI is InChI=1S/C10H12ClFN2O/c11-7-4-9(10(12)14-5-7)15-8-2-1-3-13-6-8/h4-5,8,13H,1-3,6H2. The zero-order valence-electron chi connectivity index (χ0n) is 8.17. The molecule has 0 aromatic carbocycles. The van der Waals surface area contributed by atoms with Crippen molar-refractivity contribution >= 4 is 11.6 Å². The summed E-state index contributed by atoms with van der Waals surface area (Å²) >= 11 is 5.71. The zero-order chi connectivity index (χ0) is 10.7. The lowest BCUT2D eigenvalue weighted by molar-refractivity contribution is 0.159. The first-order chi connectivity index (χ1) is 7.25. The number of ether oxygens (including phenoxy) is 1. The fourth-order valence-electron chi connectivity index (χ4n) is 1.59. The van der Waals surface area contributed by atoms with Crippen molar-refractivity contribution in [2.45, 2.75) is 18.9 Å². The minimum atomic E-state index is -0.607. The minimum Gasteiger partial charge on any atom is -0.484 e. The second-order valence-corrected chi connectivity index (χ2v) is 3.97. The lowest BCUT2D eigenvalue weighted by Gasteiger charge is -2.23. The largest absolute Gasteiger partial charge is 0.484 e. The quantitative estimate of drug-likeness (QED) is 0.790. The molecule has 1 fully saturated rings. The first kappa shape index (κ1) is 10.6. The molecule has 1 N–H and O–H groups in total. The van der Waals surface area contributed by atoms with E-state index in [1.807, 2.05) is 0 Å². The summed E-state index contributed by atoms with van der Waals surface area (Å²) in [5, 5.41) is 3.57. The molecule has 1 atom stereocenters. The predicted octanol–water partition coefficient (Wildman–Crippen LogP) is 2.00. The highest BCUT2D eigenvalue weighted by molar-refractivity contribution is 6.30. The fourth-order valence-corrected chi connectivity index (χ4v) is 1.73. The Morgan fingerprint density at radius 2 is 2.47 bits per heavy atom. The highest BCUT2D eigenvalue weighted by atomic mass is 35.5. The van der Waals surface area contributed by atoms with Crippen LogP contribution in [0.3, 0.4) is 0 Å². The third kappa shape index (κ3) is 2.79. The van der Waals surface area contributed by atoms with Crippen molar-refractivity contribution in [1.82, 2.24) is 10.3 Å². The average molecular weight is 231 g/mol. The van der Waals surface area contributed by atoms with Crippen LogP contribution in [-0.4, -0.2) is 24.2 Å². The normalized spacial score (nSPS) is 21.3. The number of hydrogen-bond donors (Lipinski definition) is 1. The molecule has 5 heteroatoms. The number of nitrogens with zero attached hydrogens (tertiary/aromatic N) is 1. The van der Waals surface area contributed by atoms with Gasteiger partial charge < -0.3 is 10.1 Å². The van der Waals surface area contributed by atoms with E-state index in [1.54, 1.807) is 0 Å². The molecule has 3 nitrogen and oxygen atoms in total. The lowest BCUT2D eigenvalue weighted by atomic mass is 10.1. The van der Waals surface area contributed by atoms with Gasteiger partial charge in [-0.25, -0.2) is 4.98 Å². The van der Waals surface area contributed by atoms with Crippen LogP contribution in [0.15, 0.2) is 12.3 Å². The van der Waals surface area contributed by atoms with Crippen LogP contribution < -0.4 is 10.1 Å². The number of halogens is 2. The Morgan fingerprint density at radius 1 is 1.60 bits per heavy atom. The van der Waals surface area contributed by atoms with Gasteiger partial charge in [-0.15, -0.1) is 0 Å². The lowest BCUT2D eigenvalue weighted by Crippen LogP contribution is -2.37. The van der Waals surface area contributed by atoms with Gasteiger partial charge in [-0.1, -0.05) is 11.6 Å². The third-order valence-electron chi connectivity index (χ3n) is 2.32. The van der Waals surface area contributed by atoms with Crippen molar-refractivity contribution in [1.29, 1.82) is 0 Å². The maximum Gasteiger partial charge on any atom is 0.255 e. The van der Waals surface area contributed by atoms with Crippen molar-refractivity contribution in [3.8, 4) is 5.75 Å². The summed E-state index contributed by atoms with van der Waals surface area (Å²) in [6, 6.07) is 1.46. The molecule has 0 aliphatic carbocycles. The SMILES string of the molecule is Fc1ncc(Cl)cc1OC1CCCNC1. The van der Waals surface area contributed by atoms with Crippen LogP contribution >= 0.6 is 11.6 Å². The van der Waals surface area contributed by atoms with Crippen LogP contribution in [0.5, 0.6) is 5.75 Å². The first-order valence-electron chi connectivity index (χ1n) is 4.94. The van der Waals surface area contributed by atoms with E-state index in [0.29, 0.717) is 5.02 Å². The van der Waals surface area contributed by atoms with Gasteiger partial charge in [0.2, 0.25) is 0 Å². The van der Waals surface area contributed by atoms with Crippen LogP contribution in [0, 0.1) is 5.95 Å². The van der Waals surface area contributed by atoms with Gasteiger partial charge in [0.25, 0.3) is 5.95 Å². The average Bonchev–Trinajstić information content (AvgIpc) is 2.25. The van der Waals surface area contributed by atoms with Crippen molar-refractivity contribution in [2.24, 2.45) is 0 Å². The van der Waals surface area contributed by atoms with Crippen molar-refractivity contribution in [2.75, 3.05) is 13.1 Å². The third-order valence-corrected chi connectivity index (χ3v) is 2.53. The molecule has 2 heterocycles. The van der Waals surface area contributed by atoms with Crippen molar-refractivity contribution in [3.63, 3.8) is 0 Å². The molecule has 0 bridgehead atoms. The van der Waals surface area contributed by atoms with E-state index in [4.69, 9.17) is 16.3 Å². The van der Waals surface area contributed by atoms with Crippen molar-refractivity contribution in [3.05, 3.63) is 23.2 Å². The van der Waals surface area contributed by atoms with Crippen LogP contribution in [0.4, 0.5) is 4.39 Å². The summed E-state index contributed by atoms with van der Waals surface area (Å²) in [4.78, 5) is 3.50. The molecule has 0 radical (unpaired) electrons. The van der Waals surface area contributed by atoms with Crippen molar-refractivity contribution < 1.29 is 9.13 Å². The zero-order valence-corrected chi connectivity index (χ0v) is 8.93. The second kappa shape index (κ2) is 4.77. The van der Waals surface area contributed by atoms with Crippen LogP contribution in [-0.2, 0) is 0 Å². The molecule has 1 aliphatic heterocycles. The summed E-state index contributed by atoms with van der Waals surface area (Å²) in [6.45, 7) is 1.74. The molecule has 1 saturated heterocycles. The summed E-state index contributed by atoms with van der Waals surface area (Å²) in [7, 11) is 0. The number of piperidine rings is 1. The molecule has 0 amide bonds. The van der Waals surface area contributed by atoms with Gasteiger partial charge in [-0.3, -0.25) is 0 Å². The van der Waals surface area contributed by atoms with E-state index in [2.05, 4.69) is 10.3 Å². The van der Waals surface area contributed by atoms with E-state index in [9.17, 15) is 4.39 Å². The molecule has 1 aliphatic rings. The molecule has 82 valence electrons. The predicted molar refractivity (Wildman–Crippen MR) is 55.7 cm³/mol. The smallest absolute Gasteiger partial charge is 0.255 e. The van der Waals surface area contributed by atoms with Gasteiger partial charge in [0, 0.05) is 18.8 Å². The number of hydrogen-bond acceptors (Lipinski definition) is 3. The Kier molecular flexibility index (Phi) is 3.38. The molecule has 1 unspecified atom stereocenters. The van der Waals surface area contributed by atoms with Gasteiger partial charge in [0.15, 0.2) is 5.75 Å². The van der Waals surface area contributed by atoms with Gasteiger partial charge in [0.1, 0.15) is 6.10 Å². The maximum atomic E-state index is 13.2. The highest BCUT2D eigenvalue weighted by Crippen LogP contribution is 2.22. The summed E-state index contributed by atoms with van der Waals surface area (Å²) in [5.41, 5.74) is 0. The Morgan fingerprint density at radius 3 is 3.20 bits per heavy atom. The number of rotatable bonds is 2. The number of aromatic nitrogens is 1. The second-order valence-electron chi connectivity index (χ2n) is 3.53. The topological polar surface area (TPSA) is 34.1 Å². The Balaban J connectivity index is 2.05. The molecule has 2 rings (SSSR count). The summed E-state index contributed by atoms with van der Waals surface area (Å²) in [5.74, 6) is -0.471. The van der Waals surface area contributed by atoms with Crippen LogP contribution in [0.25, 0.3) is 0 Å². The molecule has 0 saturated carbocycles. The van der Waals surface area contributed by atoms with E-state index < -0.39 is 5.95 Å². The first-order valence-corrected chi connectivity index (χ1v) is 5.32. The molecular formula is C10H12ClFN2O. The fraction of sp³-hybridized carbons (Fsp3) is 0.500. The van der Waals surface area contributed by atoms with Gasteiger partial charge in [-0.2, -0.15) is 4.39 Å². The number of pyridine rings is 1. The van der Waals surface area contributed by atoms with Gasteiger partial charge in [-0.05, 0) is 19.4 Å². The summed E-state index contributed by atoms with van der Waals surface area (Å²) in [6.07, 6.45) is 3.25. The monoisotopic (exact) mass is 230 g/mol. The van der Waals surface area contributed by atoms with Crippen LogP contribution in [0.2, 0.25) is 5.02 Å². The Hall–Kier alpha value is -0.870. The van der Waals surface area contributed by atoms with Gasteiger partial charge >= 0.3 is 0 Å². The minimum absolute atomic E-state index is 0.00789. The number of nitrogens with one attached hydrogen (secondary N) is 1. The molecule has 1 aromatic rings. The van der Waals surface area contributed by atoms with E-state index in [-0.39, 0.29) is 11.9 Å². The van der Waals surface area contributed by atoms with Gasteiger partial charge in [0.05, 0.1) is 5.02 Å². The van der Waals surface area contributed by atoms with E-state index >= 15 is 0 Å². The molecular weight excluding hydrogens is 219 g/mol. The molecule has 0 spiro atoms. The highest BCUT2D eigenvalue weighted by Gasteiger charge is 2.16. The molecule has 1 aromatic heterocycles.